The molecule has 0 amide bonds. The molecule has 18 heavy (non-hydrogen) atoms. The molecule has 0 fully saturated rings. The number of hydrogen-bond donors (Lipinski definition) is 1. The van der Waals surface area contributed by atoms with Crippen LogP contribution < -0.4 is 0 Å². The third-order valence-electron chi connectivity index (χ3n) is 2.44. The summed E-state index contributed by atoms with van der Waals surface area (Å²) < 4.78 is 6.51. The number of hydrogen-bond acceptors (Lipinski definition) is 6. The van der Waals surface area contributed by atoms with Gasteiger partial charge in [-0.1, -0.05) is 23.4 Å². The first kappa shape index (κ1) is 12.2. The van der Waals surface area contributed by atoms with Crippen molar-refractivity contribution in [2.24, 2.45) is 12.2 Å². The molecule has 1 aromatic heterocycles. The van der Waals surface area contributed by atoms with E-state index in [0.717, 1.165) is 11.1 Å². The Balaban J connectivity index is 2.40. The molecule has 0 radical (unpaired) electrons. The zero-order valence-corrected chi connectivity index (χ0v) is 10.1. The van der Waals surface area contributed by atoms with Gasteiger partial charge in [-0.2, -0.15) is 0 Å². The van der Waals surface area contributed by atoms with Crippen LogP contribution >= 0.6 is 0 Å². The van der Waals surface area contributed by atoms with E-state index in [1.807, 2.05) is 24.3 Å². The van der Waals surface area contributed by atoms with E-state index in [2.05, 4.69) is 20.7 Å². The van der Waals surface area contributed by atoms with Crippen molar-refractivity contribution in [2.75, 3.05) is 7.11 Å². The highest BCUT2D eigenvalue weighted by atomic mass is 16.5. The summed E-state index contributed by atoms with van der Waals surface area (Å²) in [6.45, 7) is 0.490. The second-order valence-corrected chi connectivity index (χ2v) is 3.71. The van der Waals surface area contributed by atoms with Gasteiger partial charge in [0, 0.05) is 19.7 Å². The minimum absolute atomic E-state index is 0.320. The summed E-state index contributed by atoms with van der Waals surface area (Å²) in [4.78, 5) is 0. The van der Waals surface area contributed by atoms with Crippen LogP contribution in [0, 0.1) is 0 Å². The SMILES string of the molecule is COCc1cccc(/C(=N\O)c2nnnn2C)c1. The summed E-state index contributed by atoms with van der Waals surface area (Å²) in [6, 6.07) is 7.48. The van der Waals surface area contributed by atoms with Crippen molar-refractivity contribution in [1.82, 2.24) is 20.2 Å². The molecule has 0 bridgehead atoms. The Kier molecular flexibility index (Phi) is 3.63. The number of methoxy groups -OCH3 is 1. The van der Waals surface area contributed by atoms with Gasteiger partial charge in [0.05, 0.1) is 6.61 Å². The van der Waals surface area contributed by atoms with E-state index in [-0.39, 0.29) is 0 Å². The van der Waals surface area contributed by atoms with Crippen LogP contribution in [0.2, 0.25) is 0 Å². The van der Waals surface area contributed by atoms with Crippen LogP contribution in [-0.2, 0) is 18.4 Å². The van der Waals surface area contributed by atoms with Crippen molar-refractivity contribution in [3.63, 3.8) is 0 Å². The summed E-state index contributed by atoms with van der Waals surface area (Å²) in [5, 5.41) is 23.5. The van der Waals surface area contributed by atoms with Gasteiger partial charge in [-0.25, -0.2) is 4.68 Å². The topological polar surface area (TPSA) is 85.4 Å². The predicted molar refractivity (Wildman–Crippen MR) is 63.4 cm³/mol. The van der Waals surface area contributed by atoms with E-state index in [0.29, 0.717) is 18.1 Å². The molecule has 7 nitrogen and oxygen atoms in total. The number of nitrogens with zero attached hydrogens (tertiary/aromatic N) is 5. The molecule has 0 aliphatic heterocycles. The Bertz CT molecular complexity index is 564. The fourth-order valence-corrected chi connectivity index (χ4v) is 1.64. The predicted octanol–water partition coefficient (Wildman–Crippen LogP) is 0.583. The molecular weight excluding hydrogens is 234 g/mol. The van der Waals surface area contributed by atoms with Crippen molar-refractivity contribution in [1.29, 1.82) is 0 Å². The molecule has 1 heterocycles. The van der Waals surface area contributed by atoms with E-state index in [1.54, 1.807) is 14.2 Å². The number of tetrazole rings is 1. The zero-order valence-electron chi connectivity index (χ0n) is 10.1. The zero-order chi connectivity index (χ0) is 13.0. The van der Waals surface area contributed by atoms with Crippen molar-refractivity contribution < 1.29 is 9.94 Å². The summed E-state index contributed by atoms with van der Waals surface area (Å²) in [5.41, 5.74) is 2.02. The minimum atomic E-state index is 0.320. The fraction of sp³-hybridized carbons (Fsp3) is 0.273. The Morgan fingerprint density at radius 1 is 1.50 bits per heavy atom. The van der Waals surface area contributed by atoms with Gasteiger partial charge in [-0.05, 0) is 22.1 Å². The first-order valence-corrected chi connectivity index (χ1v) is 5.29. The van der Waals surface area contributed by atoms with Crippen LogP contribution in [0.25, 0.3) is 0 Å². The van der Waals surface area contributed by atoms with E-state index >= 15 is 0 Å². The van der Waals surface area contributed by atoms with Crippen LogP contribution in [0.15, 0.2) is 29.4 Å². The maximum absolute atomic E-state index is 9.14. The smallest absolute Gasteiger partial charge is 0.204 e. The molecule has 0 saturated heterocycles. The van der Waals surface area contributed by atoms with Crippen LogP contribution in [0.4, 0.5) is 0 Å². The van der Waals surface area contributed by atoms with Crippen molar-refractivity contribution >= 4 is 5.71 Å². The lowest BCUT2D eigenvalue weighted by atomic mass is 10.1. The highest BCUT2D eigenvalue weighted by molar-refractivity contribution is 6.10. The number of aromatic nitrogens is 4. The lowest BCUT2D eigenvalue weighted by Crippen LogP contribution is -2.11. The number of ether oxygens (including phenoxy) is 1. The normalized spacial score (nSPS) is 11.8. The van der Waals surface area contributed by atoms with Gasteiger partial charge in [0.25, 0.3) is 0 Å². The van der Waals surface area contributed by atoms with Crippen LogP contribution in [0.1, 0.15) is 17.0 Å². The standard InChI is InChI=1S/C11H13N5O2/c1-16-11(12-14-15-16)10(13-17)9-5-3-4-8(6-9)7-18-2/h3-6,17H,7H2,1-2H3/b13-10+. The second kappa shape index (κ2) is 5.37. The molecule has 0 aliphatic rings. The van der Waals surface area contributed by atoms with E-state index in [4.69, 9.17) is 9.94 Å². The first-order chi connectivity index (χ1) is 8.76. The fourth-order valence-electron chi connectivity index (χ4n) is 1.64. The van der Waals surface area contributed by atoms with E-state index in [1.165, 1.54) is 4.68 Å². The van der Waals surface area contributed by atoms with Crippen molar-refractivity contribution in [3.05, 3.63) is 41.2 Å². The lowest BCUT2D eigenvalue weighted by Gasteiger charge is -2.05. The van der Waals surface area contributed by atoms with E-state index in [9.17, 15) is 0 Å². The van der Waals surface area contributed by atoms with Gasteiger partial charge in [0.2, 0.25) is 5.82 Å². The molecule has 1 N–H and O–H groups in total. The van der Waals surface area contributed by atoms with Gasteiger partial charge in [-0.15, -0.1) is 5.10 Å². The maximum Gasteiger partial charge on any atom is 0.204 e. The molecule has 7 heteroatoms. The van der Waals surface area contributed by atoms with Gasteiger partial charge in [0.1, 0.15) is 0 Å². The number of oxime groups is 1. The quantitative estimate of drug-likeness (QED) is 0.485. The highest BCUT2D eigenvalue weighted by Crippen LogP contribution is 2.11. The minimum Gasteiger partial charge on any atom is -0.410 e. The Morgan fingerprint density at radius 3 is 2.94 bits per heavy atom. The summed E-state index contributed by atoms with van der Waals surface area (Å²) in [6.07, 6.45) is 0. The first-order valence-electron chi connectivity index (χ1n) is 5.29. The highest BCUT2D eigenvalue weighted by Gasteiger charge is 2.14. The maximum atomic E-state index is 9.14. The van der Waals surface area contributed by atoms with Crippen molar-refractivity contribution in [2.45, 2.75) is 6.61 Å². The molecule has 2 aromatic rings. The molecule has 0 spiro atoms. The summed E-state index contributed by atoms with van der Waals surface area (Å²) in [5.74, 6) is 0.395. The Morgan fingerprint density at radius 2 is 2.33 bits per heavy atom. The average molecular weight is 247 g/mol. The molecule has 0 saturated carbocycles. The van der Waals surface area contributed by atoms with Gasteiger partial charge < -0.3 is 9.94 Å². The Hall–Kier alpha value is -2.28. The van der Waals surface area contributed by atoms with Gasteiger partial charge >= 0.3 is 0 Å². The summed E-state index contributed by atoms with van der Waals surface area (Å²) >= 11 is 0. The largest absolute Gasteiger partial charge is 0.410 e. The van der Waals surface area contributed by atoms with Gasteiger partial charge in [-0.3, -0.25) is 0 Å². The molecule has 94 valence electrons. The lowest BCUT2D eigenvalue weighted by molar-refractivity contribution is 0.185. The Labute approximate surface area is 104 Å². The number of rotatable bonds is 4. The third kappa shape index (κ3) is 2.35. The van der Waals surface area contributed by atoms with Crippen molar-refractivity contribution in [3.8, 4) is 0 Å². The molecule has 1 aromatic carbocycles. The molecule has 0 atom stereocenters. The van der Waals surface area contributed by atoms with E-state index < -0.39 is 0 Å². The van der Waals surface area contributed by atoms with Crippen LogP contribution in [-0.4, -0.2) is 38.2 Å². The number of benzene rings is 1. The molecular formula is C11H13N5O2. The third-order valence-corrected chi connectivity index (χ3v) is 2.44. The second-order valence-electron chi connectivity index (χ2n) is 3.71. The molecule has 0 aliphatic carbocycles. The van der Waals surface area contributed by atoms with Gasteiger partial charge in [0.15, 0.2) is 5.71 Å². The average Bonchev–Trinajstić information content (AvgIpc) is 2.78. The molecule has 0 unspecified atom stereocenters. The van der Waals surface area contributed by atoms with Crippen LogP contribution in [0.5, 0.6) is 0 Å². The summed E-state index contributed by atoms with van der Waals surface area (Å²) in [7, 11) is 3.31. The molecule has 2 rings (SSSR count). The monoisotopic (exact) mass is 247 g/mol. The number of aryl methyl sites for hydroxylation is 1. The van der Waals surface area contributed by atoms with Crippen LogP contribution in [0.3, 0.4) is 0 Å².